The summed E-state index contributed by atoms with van der Waals surface area (Å²) in [6, 6.07) is 14.6. The molecule has 0 fully saturated rings. The van der Waals surface area contributed by atoms with Gasteiger partial charge in [0.2, 0.25) is 0 Å². The maximum atomic E-state index is 12.4. The molecule has 0 aliphatic rings. The summed E-state index contributed by atoms with van der Waals surface area (Å²) in [7, 11) is 1.61. The molecule has 0 radical (unpaired) electrons. The van der Waals surface area contributed by atoms with Gasteiger partial charge in [-0.15, -0.1) is 0 Å². The minimum absolute atomic E-state index is 0.217. The molecule has 2 rings (SSSR count). The van der Waals surface area contributed by atoms with E-state index >= 15 is 0 Å². The summed E-state index contributed by atoms with van der Waals surface area (Å²) in [5.41, 5.74) is 0.691. The highest BCUT2D eigenvalue weighted by atomic mass is 16.5. The van der Waals surface area contributed by atoms with Gasteiger partial charge in [0, 0.05) is 11.8 Å². The Kier molecular flexibility index (Phi) is 8.49. The van der Waals surface area contributed by atoms with Crippen LogP contribution in [-0.2, 0) is 4.79 Å². The molecule has 0 aliphatic heterocycles. The summed E-state index contributed by atoms with van der Waals surface area (Å²) in [6.07, 6.45) is 4.02. The van der Waals surface area contributed by atoms with Crippen molar-refractivity contribution in [2.45, 2.75) is 45.6 Å². The molecule has 0 saturated carbocycles. The number of amides is 1. The van der Waals surface area contributed by atoms with E-state index in [9.17, 15) is 4.79 Å². The van der Waals surface area contributed by atoms with E-state index in [1.165, 1.54) is 19.3 Å². The minimum Gasteiger partial charge on any atom is -0.497 e. The summed E-state index contributed by atoms with van der Waals surface area (Å²) < 4.78 is 16.6. The summed E-state index contributed by atoms with van der Waals surface area (Å²) in [5.74, 6) is 1.90. The van der Waals surface area contributed by atoms with Crippen LogP contribution in [0.15, 0.2) is 48.5 Å². The van der Waals surface area contributed by atoms with Gasteiger partial charge in [0.15, 0.2) is 6.10 Å². The molecule has 146 valence electrons. The Balaban J connectivity index is 1.83. The second-order valence-corrected chi connectivity index (χ2v) is 6.36. The smallest absolute Gasteiger partial charge is 0.265 e. The van der Waals surface area contributed by atoms with Crippen LogP contribution in [0.4, 0.5) is 5.69 Å². The molecule has 0 saturated heterocycles. The van der Waals surface area contributed by atoms with Gasteiger partial charge in [0.1, 0.15) is 17.2 Å². The average molecular weight is 371 g/mol. The largest absolute Gasteiger partial charge is 0.497 e. The molecule has 0 bridgehead atoms. The van der Waals surface area contributed by atoms with Crippen molar-refractivity contribution in [2.24, 2.45) is 0 Å². The lowest BCUT2D eigenvalue weighted by molar-refractivity contribution is -0.122. The Bertz CT molecular complexity index is 700. The molecule has 1 N–H and O–H groups in total. The zero-order valence-electron chi connectivity index (χ0n) is 16.4. The lowest BCUT2D eigenvalue weighted by Gasteiger charge is -2.15. The van der Waals surface area contributed by atoms with Gasteiger partial charge < -0.3 is 19.5 Å². The number of carbonyl (C=O) groups is 1. The normalized spacial score (nSPS) is 11.5. The number of hydrogen-bond acceptors (Lipinski definition) is 4. The van der Waals surface area contributed by atoms with E-state index < -0.39 is 6.10 Å². The first-order valence-corrected chi connectivity index (χ1v) is 9.46. The van der Waals surface area contributed by atoms with Crippen molar-refractivity contribution < 1.29 is 19.0 Å². The first kappa shape index (κ1) is 20.6. The molecular formula is C22H29NO4. The third-order valence-electron chi connectivity index (χ3n) is 4.11. The predicted molar refractivity (Wildman–Crippen MR) is 108 cm³/mol. The van der Waals surface area contributed by atoms with Crippen LogP contribution in [0.2, 0.25) is 0 Å². The molecule has 0 aromatic heterocycles. The summed E-state index contributed by atoms with van der Waals surface area (Å²) in [6.45, 7) is 4.59. The van der Waals surface area contributed by atoms with Crippen LogP contribution in [0.25, 0.3) is 0 Å². The highest BCUT2D eigenvalue weighted by Crippen LogP contribution is 2.20. The molecule has 0 heterocycles. The fourth-order valence-electron chi connectivity index (χ4n) is 2.54. The van der Waals surface area contributed by atoms with Crippen LogP contribution < -0.4 is 19.5 Å². The number of unbranched alkanes of at least 4 members (excludes halogenated alkanes) is 3. The van der Waals surface area contributed by atoms with Crippen LogP contribution in [0.5, 0.6) is 17.2 Å². The highest BCUT2D eigenvalue weighted by Gasteiger charge is 2.15. The van der Waals surface area contributed by atoms with Crippen molar-refractivity contribution in [3.8, 4) is 17.2 Å². The molecule has 2 aromatic rings. The first-order chi connectivity index (χ1) is 13.1. The van der Waals surface area contributed by atoms with Gasteiger partial charge in [-0.05, 0) is 49.7 Å². The van der Waals surface area contributed by atoms with E-state index in [1.807, 2.05) is 24.3 Å². The van der Waals surface area contributed by atoms with Crippen molar-refractivity contribution >= 4 is 11.6 Å². The van der Waals surface area contributed by atoms with Crippen molar-refractivity contribution in [3.63, 3.8) is 0 Å². The van der Waals surface area contributed by atoms with E-state index in [4.69, 9.17) is 14.2 Å². The minimum atomic E-state index is -0.628. The van der Waals surface area contributed by atoms with Crippen molar-refractivity contribution in [1.82, 2.24) is 0 Å². The Morgan fingerprint density at radius 1 is 1.00 bits per heavy atom. The van der Waals surface area contributed by atoms with Gasteiger partial charge in [-0.2, -0.15) is 0 Å². The highest BCUT2D eigenvalue weighted by molar-refractivity contribution is 5.94. The van der Waals surface area contributed by atoms with Gasteiger partial charge in [0.25, 0.3) is 5.91 Å². The monoisotopic (exact) mass is 371 g/mol. The summed E-state index contributed by atoms with van der Waals surface area (Å²) in [4.78, 5) is 12.4. The van der Waals surface area contributed by atoms with Crippen LogP contribution in [-0.4, -0.2) is 25.7 Å². The third-order valence-corrected chi connectivity index (χ3v) is 4.11. The van der Waals surface area contributed by atoms with Gasteiger partial charge in [-0.1, -0.05) is 32.3 Å². The summed E-state index contributed by atoms with van der Waals surface area (Å²) >= 11 is 0. The third kappa shape index (κ3) is 7.21. The Morgan fingerprint density at radius 3 is 2.44 bits per heavy atom. The van der Waals surface area contributed by atoms with Crippen molar-refractivity contribution in [2.75, 3.05) is 19.0 Å². The van der Waals surface area contributed by atoms with Crippen LogP contribution in [0, 0.1) is 0 Å². The topological polar surface area (TPSA) is 56.8 Å². The molecular weight excluding hydrogens is 342 g/mol. The number of rotatable bonds is 11. The lowest BCUT2D eigenvalue weighted by atomic mass is 10.2. The maximum absolute atomic E-state index is 12.4. The number of carbonyl (C=O) groups excluding carboxylic acids is 1. The maximum Gasteiger partial charge on any atom is 0.265 e. The Labute approximate surface area is 161 Å². The fourth-order valence-corrected chi connectivity index (χ4v) is 2.54. The molecule has 0 aliphatic carbocycles. The molecule has 1 amide bonds. The first-order valence-electron chi connectivity index (χ1n) is 9.46. The molecule has 1 atom stereocenters. The summed E-state index contributed by atoms with van der Waals surface area (Å²) in [5, 5.41) is 2.87. The van der Waals surface area contributed by atoms with Crippen LogP contribution in [0.1, 0.15) is 39.5 Å². The molecule has 1 unspecified atom stereocenters. The van der Waals surface area contributed by atoms with Gasteiger partial charge >= 0.3 is 0 Å². The van der Waals surface area contributed by atoms with E-state index in [0.29, 0.717) is 18.0 Å². The van der Waals surface area contributed by atoms with Gasteiger partial charge in [-0.3, -0.25) is 4.79 Å². The van der Waals surface area contributed by atoms with E-state index in [-0.39, 0.29) is 5.91 Å². The van der Waals surface area contributed by atoms with Crippen LogP contribution >= 0.6 is 0 Å². The Morgan fingerprint density at radius 2 is 1.74 bits per heavy atom. The van der Waals surface area contributed by atoms with Crippen molar-refractivity contribution in [1.29, 1.82) is 0 Å². The number of methoxy groups -OCH3 is 1. The predicted octanol–water partition coefficient (Wildman–Crippen LogP) is 5.06. The fraction of sp³-hybridized carbons (Fsp3) is 0.409. The zero-order valence-corrected chi connectivity index (χ0v) is 16.4. The SMILES string of the molecule is CCCCCCOc1cccc(NC(=O)C(C)Oc2ccc(OC)cc2)c1. The lowest BCUT2D eigenvalue weighted by Crippen LogP contribution is -2.30. The number of ether oxygens (including phenoxy) is 3. The Hall–Kier alpha value is -2.69. The number of hydrogen-bond donors (Lipinski definition) is 1. The molecule has 5 nitrogen and oxygen atoms in total. The van der Waals surface area contributed by atoms with E-state index in [0.717, 1.165) is 17.9 Å². The molecule has 2 aromatic carbocycles. The number of anilines is 1. The quantitative estimate of drug-likeness (QED) is 0.561. The van der Waals surface area contributed by atoms with E-state index in [2.05, 4.69) is 12.2 Å². The van der Waals surface area contributed by atoms with Gasteiger partial charge in [0.05, 0.1) is 13.7 Å². The van der Waals surface area contributed by atoms with Gasteiger partial charge in [-0.25, -0.2) is 0 Å². The number of benzene rings is 2. The average Bonchev–Trinajstić information content (AvgIpc) is 2.68. The van der Waals surface area contributed by atoms with E-state index in [1.54, 1.807) is 38.3 Å². The standard InChI is InChI=1S/C22H29NO4/c1-4-5-6-7-15-26-21-10-8-9-18(16-21)23-22(24)17(2)27-20-13-11-19(25-3)12-14-20/h8-14,16-17H,4-7,15H2,1-3H3,(H,23,24). The van der Waals surface area contributed by atoms with Crippen LogP contribution in [0.3, 0.4) is 0 Å². The molecule has 27 heavy (non-hydrogen) atoms. The zero-order chi connectivity index (χ0) is 19.5. The molecule has 0 spiro atoms. The molecule has 5 heteroatoms. The number of nitrogens with one attached hydrogen (secondary N) is 1. The second-order valence-electron chi connectivity index (χ2n) is 6.36. The van der Waals surface area contributed by atoms with Crippen molar-refractivity contribution in [3.05, 3.63) is 48.5 Å². The second kappa shape index (κ2) is 11.1.